The molecule has 0 atom stereocenters. The Kier molecular flexibility index (Phi) is 3.33. The highest BCUT2D eigenvalue weighted by Gasteiger charge is 2.29. The summed E-state index contributed by atoms with van der Waals surface area (Å²) in [6.07, 6.45) is 1.81. The summed E-state index contributed by atoms with van der Waals surface area (Å²) in [5.41, 5.74) is 6.09. The predicted molar refractivity (Wildman–Crippen MR) is 64.5 cm³/mol. The van der Waals surface area contributed by atoms with Crippen LogP contribution in [0.3, 0.4) is 0 Å². The summed E-state index contributed by atoms with van der Waals surface area (Å²) in [6, 6.07) is 4.99. The number of carbonyl (C=O) groups is 2. The fraction of sp³-hybridized carbons (Fsp3) is 0.333. The van der Waals surface area contributed by atoms with Crippen molar-refractivity contribution in [3.8, 4) is 0 Å². The molecule has 1 aromatic rings. The van der Waals surface area contributed by atoms with Gasteiger partial charge in [0.15, 0.2) is 0 Å². The first-order chi connectivity index (χ1) is 8.08. The molecule has 0 saturated heterocycles. The number of amides is 2. The number of nitrogens with one attached hydrogen (secondary N) is 2. The van der Waals surface area contributed by atoms with E-state index in [1.807, 2.05) is 0 Å². The number of aryl methyl sites for hydroxylation is 1. The lowest BCUT2D eigenvalue weighted by Crippen LogP contribution is -2.42. The Labute approximate surface area is 104 Å². The van der Waals surface area contributed by atoms with Gasteiger partial charge in [0.1, 0.15) is 0 Å². The summed E-state index contributed by atoms with van der Waals surface area (Å²) < 4.78 is 0. The van der Waals surface area contributed by atoms with Gasteiger partial charge in [-0.15, -0.1) is 0 Å². The van der Waals surface area contributed by atoms with Gasteiger partial charge < -0.3 is 0 Å². The third kappa shape index (κ3) is 2.97. The predicted octanol–water partition coefficient (Wildman–Crippen LogP) is 1.82. The second-order valence-electron chi connectivity index (χ2n) is 4.18. The van der Waals surface area contributed by atoms with E-state index in [9.17, 15) is 9.59 Å². The lowest BCUT2D eigenvalue weighted by atomic mass is 10.1. The smallest absolute Gasteiger partial charge is 0.269 e. The number of hydrazine groups is 1. The molecular weight excluding hydrogens is 240 g/mol. The molecule has 1 aliphatic carbocycles. The van der Waals surface area contributed by atoms with Gasteiger partial charge in [-0.1, -0.05) is 11.6 Å². The molecule has 0 heterocycles. The maximum Gasteiger partial charge on any atom is 0.269 e. The number of hydrogen-bond donors (Lipinski definition) is 2. The summed E-state index contributed by atoms with van der Waals surface area (Å²) >= 11 is 5.80. The largest absolute Gasteiger partial charge is 0.273 e. The average Bonchev–Trinajstić information content (AvgIpc) is 3.09. The van der Waals surface area contributed by atoms with E-state index in [1.165, 1.54) is 0 Å². The molecule has 90 valence electrons. The quantitative estimate of drug-likeness (QED) is 0.789. The van der Waals surface area contributed by atoms with Crippen molar-refractivity contribution in [1.82, 2.24) is 10.9 Å². The molecule has 0 radical (unpaired) electrons. The van der Waals surface area contributed by atoms with Crippen LogP contribution in [0.5, 0.6) is 0 Å². The normalized spacial score (nSPS) is 14.2. The Morgan fingerprint density at radius 2 is 2.00 bits per heavy atom. The summed E-state index contributed by atoms with van der Waals surface area (Å²) in [5, 5.41) is 0.584. The fourth-order valence-corrected chi connectivity index (χ4v) is 1.74. The van der Waals surface area contributed by atoms with E-state index in [-0.39, 0.29) is 17.7 Å². The topological polar surface area (TPSA) is 58.2 Å². The molecule has 0 aromatic heterocycles. The second kappa shape index (κ2) is 4.75. The van der Waals surface area contributed by atoms with Gasteiger partial charge in [-0.05, 0) is 43.5 Å². The number of benzene rings is 1. The second-order valence-corrected chi connectivity index (χ2v) is 4.61. The van der Waals surface area contributed by atoms with Gasteiger partial charge in [0.2, 0.25) is 5.91 Å². The maximum atomic E-state index is 11.8. The van der Waals surface area contributed by atoms with Gasteiger partial charge in [0, 0.05) is 16.5 Å². The van der Waals surface area contributed by atoms with Crippen LogP contribution in [0.15, 0.2) is 18.2 Å². The third-order valence-corrected chi connectivity index (χ3v) is 2.92. The lowest BCUT2D eigenvalue weighted by Gasteiger charge is -2.08. The van der Waals surface area contributed by atoms with Crippen LogP contribution >= 0.6 is 11.6 Å². The molecule has 2 N–H and O–H groups in total. The molecule has 1 fully saturated rings. The SMILES string of the molecule is Cc1cc(Cl)ccc1C(=O)NNC(=O)C1CC1. The van der Waals surface area contributed by atoms with E-state index in [0.29, 0.717) is 10.6 Å². The Morgan fingerprint density at radius 3 is 2.59 bits per heavy atom. The number of halogens is 1. The summed E-state index contributed by atoms with van der Waals surface area (Å²) in [5.74, 6) is -0.375. The van der Waals surface area contributed by atoms with Crippen molar-refractivity contribution in [1.29, 1.82) is 0 Å². The van der Waals surface area contributed by atoms with Gasteiger partial charge >= 0.3 is 0 Å². The first-order valence-electron chi connectivity index (χ1n) is 5.44. The molecule has 1 saturated carbocycles. The molecule has 0 spiro atoms. The van der Waals surface area contributed by atoms with E-state index in [4.69, 9.17) is 11.6 Å². The molecule has 0 bridgehead atoms. The standard InChI is InChI=1S/C12H13ClN2O2/c1-7-6-9(13)4-5-10(7)12(17)15-14-11(16)8-2-3-8/h4-6,8H,2-3H2,1H3,(H,14,16)(H,15,17). The van der Waals surface area contributed by atoms with Crippen molar-refractivity contribution < 1.29 is 9.59 Å². The van der Waals surface area contributed by atoms with Crippen molar-refractivity contribution in [3.63, 3.8) is 0 Å². The van der Waals surface area contributed by atoms with Crippen LogP contribution in [0.25, 0.3) is 0 Å². The van der Waals surface area contributed by atoms with Crippen LogP contribution in [0, 0.1) is 12.8 Å². The first kappa shape index (κ1) is 11.9. The van der Waals surface area contributed by atoms with Crippen LogP contribution in [-0.2, 0) is 4.79 Å². The summed E-state index contributed by atoms with van der Waals surface area (Å²) in [7, 11) is 0. The molecule has 2 amide bonds. The van der Waals surface area contributed by atoms with E-state index in [0.717, 1.165) is 18.4 Å². The van der Waals surface area contributed by atoms with Gasteiger partial charge in [-0.25, -0.2) is 0 Å². The molecule has 2 rings (SSSR count). The number of hydrogen-bond acceptors (Lipinski definition) is 2. The Morgan fingerprint density at radius 1 is 1.29 bits per heavy atom. The van der Waals surface area contributed by atoms with Crippen molar-refractivity contribution in [2.75, 3.05) is 0 Å². The van der Waals surface area contributed by atoms with Gasteiger partial charge in [0.05, 0.1) is 0 Å². The molecule has 0 unspecified atom stereocenters. The Bertz CT molecular complexity index is 470. The van der Waals surface area contributed by atoms with Crippen molar-refractivity contribution in [3.05, 3.63) is 34.3 Å². The third-order valence-electron chi connectivity index (χ3n) is 2.68. The zero-order valence-electron chi connectivity index (χ0n) is 9.42. The molecule has 4 nitrogen and oxygen atoms in total. The monoisotopic (exact) mass is 252 g/mol. The lowest BCUT2D eigenvalue weighted by molar-refractivity contribution is -0.123. The van der Waals surface area contributed by atoms with Crippen molar-refractivity contribution >= 4 is 23.4 Å². The number of rotatable bonds is 2. The van der Waals surface area contributed by atoms with Crippen LogP contribution in [0.4, 0.5) is 0 Å². The van der Waals surface area contributed by atoms with Gasteiger partial charge in [-0.3, -0.25) is 20.4 Å². The first-order valence-corrected chi connectivity index (χ1v) is 5.82. The van der Waals surface area contributed by atoms with Crippen LogP contribution in [0.1, 0.15) is 28.8 Å². The Hall–Kier alpha value is -1.55. The molecule has 0 aliphatic heterocycles. The Balaban J connectivity index is 1.96. The molecule has 5 heteroatoms. The van der Waals surface area contributed by atoms with Gasteiger partial charge in [-0.2, -0.15) is 0 Å². The van der Waals surface area contributed by atoms with Crippen molar-refractivity contribution in [2.45, 2.75) is 19.8 Å². The molecule has 1 aliphatic rings. The van der Waals surface area contributed by atoms with E-state index in [1.54, 1.807) is 25.1 Å². The average molecular weight is 253 g/mol. The fourth-order valence-electron chi connectivity index (χ4n) is 1.52. The molecule has 1 aromatic carbocycles. The van der Waals surface area contributed by atoms with Gasteiger partial charge in [0.25, 0.3) is 5.91 Å². The minimum atomic E-state index is -0.326. The van der Waals surface area contributed by atoms with E-state index < -0.39 is 0 Å². The highest BCUT2D eigenvalue weighted by atomic mass is 35.5. The maximum absolute atomic E-state index is 11.8. The zero-order valence-corrected chi connectivity index (χ0v) is 10.2. The minimum absolute atomic E-state index is 0.0709. The van der Waals surface area contributed by atoms with E-state index >= 15 is 0 Å². The highest BCUT2D eigenvalue weighted by molar-refractivity contribution is 6.30. The molecule has 17 heavy (non-hydrogen) atoms. The van der Waals surface area contributed by atoms with Crippen LogP contribution in [-0.4, -0.2) is 11.8 Å². The van der Waals surface area contributed by atoms with E-state index in [2.05, 4.69) is 10.9 Å². The van der Waals surface area contributed by atoms with Crippen LogP contribution < -0.4 is 10.9 Å². The summed E-state index contributed by atoms with van der Waals surface area (Å²) in [6.45, 7) is 1.80. The highest BCUT2D eigenvalue weighted by Crippen LogP contribution is 2.28. The summed E-state index contributed by atoms with van der Waals surface area (Å²) in [4.78, 5) is 23.1. The van der Waals surface area contributed by atoms with Crippen LogP contribution in [0.2, 0.25) is 5.02 Å². The zero-order chi connectivity index (χ0) is 12.4. The minimum Gasteiger partial charge on any atom is -0.273 e. The van der Waals surface area contributed by atoms with Crippen molar-refractivity contribution in [2.24, 2.45) is 5.92 Å². The number of carbonyl (C=O) groups excluding carboxylic acids is 2. The molecular formula is C12H13ClN2O2.